The van der Waals surface area contributed by atoms with Crippen LogP contribution in [0.4, 0.5) is 0 Å². The highest BCUT2D eigenvalue weighted by atomic mass is 35.5. The molecule has 1 saturated carbocycles. The number of amides is 1. The number of nitrogens with zero attached hydrogens (tertiary/aromatic N) is 5. The summed E-state index contributed by atoms with van der Waals surface area (Å²) >= 11 is 14.1. The fraction of sp³-hybridized carbons (Fsp3) is 0.371. The standard InChI is InChI=1S/C35H36Cl2N8O3/c1-47-34-29(16-39-14-21-13-20(21)11-12-38)41-18-27(44-34)25-7-3-5-23(32(25)36)24-6-4-8-26(33(24)37)28-19-42-30(35(45-28)48-2)17-40-15-22-9-10-31(46)43-22/h3-8,18-22,39-40H,9-11,13-17H2,1-2H3,(H,43,46)/t20?,21?,22-/m0/s1. The molecule has 6 rings (SSSR count). The van der Waals surface area contributed by atoms with Crippen molar-refractivity contribution in [3.63, 3.8) is 0 Å². The molecule has 2 aromatic heterocycles. The van der Waals surface area contributed by atoms with Crippen LogP contribution >= 0.6 is 23.2 Å². The van der Waals surface area contributed by atoms with E-state index in [1.807, 2.05) is 36.4 Å². The summed E-state index contributed by atoms with van der Waals surface area (Å²) in [6.07, 6.45) is 6.43. The Morgan fingerprint density at radius 2 is 1.40 bits per heavy atom. The zero-order valence-corrected chi connectivity index (χ0v) is 28.2. The van der Waals surface area contributed by atoms with Crippen LogP contribution in [0.15, 0.2) is 48.8 Å². The second-order valence-electron chi connectivity index (χ2n) is 11.9. The van der Waals surface area contributed by atoms with Gasteiger partial charge in [-0.15, -0.1) is 0 Å². The van der Waals surface area contributed by atoms with E-state index in [4.69, 9.17) is 47.9 Å². The lowest BCUT2D eigenvalue weighted by Gasteiger charge is -2.15. The minimum Gasteiger partial charge on any atom is -0.480 e. The Kier molecular flexibility index (Phi) is 10.7. The molecule has 4 aromatic rings. The quantitative estimate of drug-likeness (QED) is 0.153. The van der Waals surface area contributed by atoms with Gasteiger partial charge in [-0.1, -0.05) is 59.6 Å². The van der Waals surface area contributed by atoms with E-state index < -0.39 is 0 Å². The van der Waals surface area contributed by atoms with E-state index in [0.717, 1.165) is 30.5 Å². The number of benzene rings is 2. The van der Waals surface area contributed by atoms with Crippen LogP contribution in [0.2, 0.25) is 10.0 Å². The van der Waals surface area contributed by atoms with Crippen molar-refractivity contribution in [3.05, 3.63) is 70.2 Å². The predicted molar refractivity (Wildman–Crippen MR) is 183 cm³/mol. The molecule has 2 fully saturated rings. The van der Waals surface area contributed by atoms with E-state index in [1.165, 1.54) is 0 Å². The van der Waals surface area contributed by atoms with Crippen LogP contribution in [-0.2, 0) is 17.9 Å². The first-order valence-corrected chi connectivity index (χ1v) is 16.6. The minimum atomic E-state index is 0.0824. The highest BCUT2D eigenvalue weighted by Gasteiger charge is 2.36. The van der Waals surface area contributed by atoms with Gasteiger partial charge in [0.25, 0.3) is 0 Å². The lowest BCUT2D eigenvalue weighted by atomic mass is 9.98. The number of hydrogen-bond donors (Lipinski definition) is 3. The van der Waals surface area contributed by atoms with E-state index in [-0.39, 0.29) is 11.9 Å². The van der Waals surface area contributed by atoms with E-state index in [0.29, 0.717) is 100 Å². The molecule has 2 unspecified atom stereocenters. The second kappa shape index (κ2) is 15.3. The third-order valence-corrected chi connectivity index (χ3v) is 9.55. The molecular weight excluding hydrogens is 651 g/mol. The minimum absolute atomic E-state index is 0.0824. The molecule has 2 aliphatic rings. The van der Waals surface area contributed by atoms with Crippen molar-refractivity contribution in [2.24, 2.45) is 11.8 Å². The number of aromatic nitrogens is 4. The smallest absolute Gasteiger partial charge is 0.237 e. The second-order valence-corrected chi connectivity index (χ2v) is 12.7. The van der Waals surface area contributed by atoms with Crippen LogP contribution in [-0.4, -0.2) is 59.2 Å². The van der Waals surface area contributed by atoms with Crippen LogP contribution in [0.5, 0.6) is 11.8 Å². The highest BCUT2D eigenvalue weighted by molar-refractivity contribution is 6.39. The summed E-state index contributed by atoms with van der Waals surface area (Å²) in [6.45, 7) is 2.41. The molecule has 3 atom stereocenters. The maximum atomic E-state index is 11.5. The number of hydrogen-bond acceptors (Lipinski definition) is 10. The number of halogens is 2. The number of carbonyl (C=O) groups is 1. The zero-order valence-electron chi connectivity index (χ0n) is 26.7. The number of nitrogens with one attached hydrogen (secondary N) is 3. The summed E-state index contributed by atoms with van der Waals surface area (Å²) in [7, 11) is 3.13. The Bertz CT molecular complexity index is 1850. The van der Waals surface area contributed by atoms with Gasteiger partial charge in [-0.2, -0.15) is 5.26 Å². The van der Waals surface area contributed by atoms with Gasteiger partial charge in [-0.05, 0) is 31.2 Å². The molecule has 2 aromatic carbocycles. The van der Waals surface area contributed by atoms with Gasteiger partial charge in [0.05, 0.1) is 54.1 Å². The normalized spacial score (nSPS) is 18.3. The lowest BCUT2D eigenvalue weighted by Crippen LogP contribution is -2.35. The van der Waals surface area contributed by atoms with E-state index >= 15 is 0 Å². The number of nitriles is 1. The van der Waals surface area contributed by atoms with E-state index in [2.05, 4.69) is 32.0 Å². The molecule has 13 heteroatoms. The third kappa shape index (κ3) is 7.53. The molecular formula is C35H36Cl2N8O3. The molecule has 1 aliphatic carbocycles. The SMILES string of the molecule is COc1nc(-c2cccc(-c3cccc(-c4cnc(CNC[C@@H]5CCC(=O)N5)c(OC)n4)c3Cl)c2Cl)cnc1CNCC1CC1CC#N. The monoisotopic (exact) mass is 686 g/mol. The van der Waals surface area contributed by atoms with Gasteiger partial charge in [0.15, 0.2) is 0 Å². The first kappa shape index (κ1) is 33.6. The molecule has 3 N–H and O–H groups in total. The Morgan fingerprint density at radius 1 is 0.854 bits per heavy atom. The van der Waals surface area contributed by atoms with E-state index in [1.54, 1.807) is 26.6 Å². The largest absolute Gasteiger partial charge is 0.480 e. The number of methoxy groups -OCH3 is 2. The molecule has 1 saturated heterocycles. The number of carbonyl (C=O) groups excluding carboxylic acids is 1. The van der Waals surface area contributed by atoms with Gasteiger partial charge in [-0.25, -0.2) is 9.97 Å². The molecule has 0 spiro atoms. The molecule has 1 aliphatic heterocycles. The average Bonchev–Trinajstić information content (AvgIpc) is 3.71. The number of rotatable bonds is 14. The third-order valence-electron chi connectivity index (χ3n) is 8.74. The molecule has 11 nitrogen and oxygen atoms in total. The van der Waals surface area contributed by atoms with Gasteiger partial charge in [-0.3, -0.25) is 14.8 Å². The van der Waals surface area contributed by atoms with Gasteiger partial charge < -0.3 is 25.4 Å². The summed E-state index contributed by atoms with van der Waals surface area (Å²) < 4.78 is 11.2. The van der Waals surface area contributed by atoms with Gasteiger partial charge in [0.2, 0.25) is 17.7 Å². The van der Waals surface area contributed by atoms with Crippen molar-refractivity contribution >= 4 is 29.1 Å². The van der Waals surface area contributed by atoms with Crippen molar-refractivity contribution in [2.75, 3.05) is 27.3 Å². The fourth-order valence-corrected chi connectivity index (χ4v) is 6.65. The molecule has 0 radical (unpaired) electrons. The van der Waals surface area contributed by atoms with Gasteiger partial charge in [0.1, 0.15) is 11.4 Å². The Morgan fingerprint density at radius 3 is 1.90 bits per heavy atom. The summed E-state index contributed by atoms with van der Waals surface area (Å²) in [5, 5.41) is 19.5. The first-order chi connectivity index (χ1) is 23.4. The van der Waals surface area contributed by atoms with Gasteiger partial charge >= 0.3 is 0 Å². The Labute approximate surface area is 289 Å². The molecule has 0 bridgehead atoms. The Hall–Kier alpha value is -4.34. The summed E-state index contributed by atoms with van der Waals surface area (Å²) in [6, 6.07) is 13.7. The first-order valence-electron chi connectivity index (χ1n) is 15.9. The molecule has 48 heavy (non-hydrogen) atoms. The Balaban J connectivity index is 1.19. The average molecular weight is 688 g/mol. The molecule has 1 amide bonds. The molecule has 248 valence electrons. The van der Waals surface area contributed by atoms with E-state index in [9.17, 15) is 4.79 Å². The van der Waals surface area contributed by atoms with Crippen LogP contribution in [0, 0.1) is 23.2 Å². The van der Waals surface area contributed by atoms with Crippen LogP contribution in [0.25, 0.3) is 33.6 Å². The van der Waals surface area contributed by atoms with Crippen molar-refractivity contribution in [3.8, 4) is 51.5 Å². The maximum Gasteiger partial charge on any atom is 0.237 e. The van der Waals surface area contributed by atoms with Crippen molar-refractivity contribution in [1.82, 2.24) is 35.9 Å². The van der Waals surface area contributed by atoms with Crippen molar-refractivity contribution < 1.29 is 14.3 Å². The fourth-order valence-electron chi connectivity index (χ4n) is 6.00. The summed E-state index contributed by atoms with van der Waals surface area (Å²) in [5.74, 6) is 1.91. The van der Waals surface area contributed by atoms with Crippen molar-refractivity contribution in [1.29, 1.82) is 5.26 Å². The van der Waals surface area contributed by atoms with Crippen LogP contribution in [0.3, 0.4) is 0 Å². The summed E-state index contributed by atoms with van der Waals surface area (Å²) in [4.78, 5) is 30.2. The topological polar surface area (TPSA) is 147 Å². The summed E-state index contributed by atoms with van der Waals surface area (Å²) in [5.41, 5.74) is 5.29. The van der Waals surface area contributed by atoms with Crippen LogP contribution < -0.4 is 25.4 Å². The van der Waals surface area contributed by atoms with Gasteiger partial charge in [0, 0.05) is 60.8 Å². The molecule has 3 heterocycles. The maximum absolute atomic E-state index is 11.5. The van der Waals surface area contributed by atoms with Crippen LogP contribution in [0.1, 0.15) is 37.1 Å². The highest BCUT2D eigenvalue weighted by Crippen LogP contribution is 2.42. The predicted octanol–water partition coefficient (Wildman–Crippen LogP) is 5.60. The number of ether oxygens (including phenoxy) is 2. The van der Waals surface area contributed by atoms with Crippen molar-refractivity contribution in [2.45, 2.75) is 44.8 Å². The zero-order chi connectivity index (χ0) is 33.6. The lowest BCUT2D eigenvalue weighted by molar-refractivity contribution is -0.119.